The summed E-state index contributed by atoms with van der Waals surface area (Å²) >= 11 is 0. The van der Waals surface area contributed by atoms with Crippen LogP contribution >= 0.6 is 0 Å². The van der Waals surface area contributed by atoms with Crippen molar-refractivity contribution in [1.82, 2.24) is 25.1 Å². The van der Waals surface area contributed by atoms with Gasteiger partial charge in [-0.25, -0.2) is 13.8 Å². The Bertz CT molecular complexity index is 923. The summed E-state index contributed by atoms with van der Waals surface area (Å²) in [6.07, 6.45) is 2.74. The van der Waals surface area contributed by atoms with Crippen molar-refractivity contribution in [3.05, 3.63) is 23.9 Å². The molecule has 3 heterocycles. The summed E-state index contributed by atoms with van der Waals surface area (Å²) in [5.74, 6) is -5.17. The fourth-order valence-corrected chi connectivity index (χ4v) is 2.83. The van der Waals surface area contributed by atoms with E-state index in [-0.39, 0.29) is 19.0 Å². The number of aryl methyl sites for hydroxylation is 1. The van der Waals surface area contributed by atoms with Crippen LogP contribution in [-0.2, 0) is 5.54 Å². The Labute approximate surface area is 166 Å². The van der Waals surface area contributed by atoms with Gasteiger partial charge in [0.05, 0.1) is 48.9 Å². The van der Waals surface area contributed by atoms with E-state index >= 15 is 0 Å². The minimum absolute atomic E-state index is 0.0240. The summed E-state index contributed by atoms with van der Waals surface area (Å²) in [4.78, 5) is 7.80. The van der Waals surface area contributed by atoms with Crippen molar-refractivity contribution in [2.45, 2.75) is 38.7 Å². The van der Waals surface area contributed by atoms with Gasteiger partial charge in [0.2, 0.25) is 11.8 Å². The summed E-state index contributed by atoms with van der Waals surface area (Å²) < 4.78 is 48.6. The van der Waals surface area contributed by atoms with Crippen molar-refractivity contribution < 1.29 is 17.9 Å². The van der Waals surface area contributed by atoms with E-state index in [2.05, 4.69) is 31.8 Å². The molecule has 2 aromatic heterocycles. The number of hydrogen-bond donors (Lipinski definition) is 2. The van der Waals surface area contributed by atoms with Crippen LogP contribution in [0, 0.1) is 30.0 Å². The third-order valence-electron chi connectivity index (χ3n) is 4.75. The van der Waals surface area contributed by atoms with Crippen LogP contribution < -0.4 is 15.4 Å². The predicted octanol–water partition coefficient (Wildman–Crippen LogP) is 2.75. The fraction of sp³-hybridized carbons (Fsp3) is 0.556. The highest BCUT2D eigenvalue weighted by Crippen LogP contribution is 2.30. The van der Waals surface area contributed by atoms with Crippen molar-refractivity contribution in [2.75, 3.05) is 25.0 Å². The number of hydrogen-bond acceptors (Lipinski definition) is 7. The van der Waals surface area contributed by atoms with Crippen molar-refractivity contribution >= 4 is 11.6 Å². The number of nitrogens with zero attached hydrogens (tertiary/aromatic N) is 5. The van der Waals surface area contributed by atoms with E-state index in [9.17, 15) is 18.4 Å². The van der Waals surface area contributed by atoms with Crippen LogP contribution in [0.5, 0.6) is 5.88 Å². The lowest BCUT2D eigenvalue weighted by Crippen LogP contribution is -2.48. The first-order valence-corrected chi connectivity index (χ1v) is 9.11. The van der Waals surface area contributed by atoms with Gasteiger partial charge < -0.3 is 15.4 Å². The van der Waals surface area contributed by atoms with Crippen LogP contribution in [0.15, 0.2) is 12.4 Å². The molecule has 0 aliphatic carbocycles. The van der Waals surface area contributed by atoms with Crippen molar-refractivity contribution in [3.63, 3.8) is 0 Å². The van der Waals surface area contributed by atoms with Crippen molar-refractivity contribution in [1.29, 1.82) is 5.26 Å². The Morgan fingerprint density at radius 3 is 2.93 bits per heavy atom. The monoisotopic (exact) mass is 409 g/mol. The highest BCUT2D eigenvalue weighted by Gasteiger charge is 2.42. The largest absolute Gasteiger partial charge is 0.475 e. The maximum atomic E-state index is 14.0. The van der Waals surface area contributed by atoms with E-state index in [1.165, 1.54) is 4.68 Å². The number of halogens is 3. The van der Waals surface area contributed by atoms with Crippen LogP contribution in [0.3, 0.4) is 0 Å². The molecule has 0 spiro atoms. The molecule has 0 aromatic carbocycles. The zero-order valence-corrected chi connectivity index (χ0v) is 16.3. The minimum atomic E-state index is -2.93. The second kappa shape index (κ2) is 7.87. The molecule has 1 atom stereocenters. The van der Waals surface area contributed by atoms with Gasteiger partial charge in [0.25, 0.3) is 11.8 Å². The second-order valence-corrected chi connectivity index (χ2v) is 7.45. The van der Waals surface area contributed by atoms with Gasteiger partial charge in [-0.2, -0.15) is 19.7 Å². The van der Waals surface area contributed by atoms with Crippen LogP contribution in [0.2, 0.25) is 0 Å². The molecular formula is C18H22F3N7O. The summed E-state index contributed by atoms with van der Waals surface area (Å²) in [5.41, 5.74) is 0.247. The minimum Gasteiger partial charge on any atom is -0.475 e. The molecule has 2 N–H and O–H groups in total. The predicted molar refractivity (Wildman–Crippen MR) is 98.6 cm³/mol. The molecule has 0 saturated carbocycles. The summed E-state index contributed by atoms with van der Waals surface area (Å²) in [7, 11) is 0. The first-order valence-electron chi connectivity index (χ1n) is 9.11. The van der Waals surface area contributed by atoms with Crippen LogP contribution in [0.1, 0.15) is 26.0 Å². The number of alkyl halides is 2. The lowest BCUT2D eigenvalue weighted by atomic mass is 9.95. The van der Waals surface area contributed by atoms with E-state index in [0.29, 0.717) is 17.9 Å². The molecule has 0 bridgehead atoms. The number of anilines is 2. The Hall–Kier alpha value is -2.87. The average Bonchev–Trinajstić information content (AvgIpc) is 3.04. The van der Waals surface area contributed by atoms with Gasteiger partial charge in [0.15, 0.2) is 0 Å². The molecule has 1 saturated heterocycles. The molecule has 156 valence electrons. The molecule has 2 aromatic rings. The van der Waals surface area contributed by atoms with Crippen LogP contribution in [0.25, 0.3) is 0 Å². The Morgan fingerprint density at radius 1 is 1.48 bits per heavy atom. The third kappa shape index (κ3) is 4.59. The van der Waals surface area contributed by atoms with Gasteiger partial charge in [-0.1, -0.05) is 0 Å². The molecule has 0 radical (unpaired) electrons. The number of nitrogens with one attached hydrogen (secondary N) is 2. The van der Waals surface area contributed by atoms with E-state index in [1.54, 1.807) is 27.0 Å². The fourth-order valence-electron chi connectivity index (χ4n) is 2.83. The van der Waals surface area contributed by atoms with E-state index in [1.807, 2.05) is 0 Å². The second-order valence-electron chi connectivity index (χ2n) is 7.45. The quantitative estimate of drug-likeness (QED) is 0.757. The van der Waals surface area contributed by atoms with Crippen molar-refractivity contribution in [2.24, 2.45) is 5.92 Å². The lowest BCUT2D eigenvalue weighted by Gasteiger charge is -2.31. The molecular weight excluding hydrogens is 387 g/mol. The van der Waals surface area contributed by atoms with Gasteiger partial charge in [-0.15, -0.1) is 0 Å². The zero-order valence-electron chi connectivity index (χ0n) is 16.3. The number of nitriles is 1. The summed E-state index contributed by atoms with van der Waals surface area (Å²) in [6.45, 7) is 4.81. The highest BCUT2D eigenvalue weighted by atomic mass is 19.3. The summed E-state index contributed by atoms with van der Waals surface area (Å²) in [5, 5.41) is 19.0. The highest BCUT2D eigenvalue weighted by molar-refractivity contribution is 5.55. The number of aromatic nitrogens is 4. The van der Waals surface area contributed by atoms with E-state index in [0.717, 1.165) is 6.20 Å². The molecule has 11 heteroatoms. The average molecular weight is 409 g/mol. The zero-order chi connectivity index (χ0) is 21.2. The van der Waals surface area contributed by atoms with Crippen molar-refractivity contribution in [3.8, 4) is 11.9 Å². The molecule has 1 aliphatic rings. The standard InChI is InChI=1S/C18H22F3N7O/c1-11-14(7-28(27-11)17(2,3)9-22)25-16-24-6-13(19)15(26-16)29-8-12-4-5-23-10-18(12,20)21/h6-7,12,23H,4-5,8,10H2,1-3H3,(H,24,25,26). The number of ether oxygens (including phenoxy) is 1. The van der Waals surface area contributed by atoms with Gasteiger partial charge in [0, 0.05) is 0 Å². The van der Waals surface area contributed by atoms with E-state index < -0.39 is 35.6 Å². The molecule has 0 amide bonds. The molecule has 1 aliphatic heterocycles. The maximum Gasteiger partial charge on any atom is 0.266 e. The molecule has 3 rings (SSSR count). The Kier molecular flexibility index (Phi) is 5.66. The third-order valence-corrected chi connectivity index (χ3v) is 4.75. The van der Waals surface area contributed by atoms with Gasteiger partial charge in [-0.3, -0.25) is 4.68 Å². The molecule has 1 unspecified atom stereocenters. The molecule has 1 fully saturated rings. The normalized spacial score (nSPS) is 18.9. The van der Waals surface area contributed by atoms with Crippen LogP contribution in [0.4, 0.5) is 24.8 Å². The number of rotatable bonds is 6. The molecule has 8 nitrogen and oxygen atoms in total. The Balaban J connectivity index is 1.74. The first-order chi connectivity index (χ1) is 13.6. The number of piperidine rings is 1. The molecule has 29 heavy (non-hydrogen) atoms. The smallest absolute Gasteiger partial charge is 0.266 e. The lowest BCUT2D eigenvalue weighted by molar-refractivity contribution is -0.0870. The van der Waals surface area contributed by atoms with E-state index in [4.69, 9.17) is 4.74 Å². The topological polar surface area (TPSA) is 101 Å². The maximum absolute atomic E-state index is 14.0. The summed E-state index contributed by atoms with van der Waals surface area (Å²) in [6, 6.07) is 2.14. The van der Waals surface area contributed by atoms with Gasteiger partial charge >= 0.3 is 0 Å². The SMILES string of the molecule is Cc1nn(C(C)(C)C#N)cc1Nc1ncc(F)c(OCC2CCNCC2(F)F)n1. The van der Waals surface area contributed by atoms with Gasteiger partial charge in [-0.05, 0) is 33.7 Å². The first kappa shape index (κ1) is 20.9. The van der Waals surface area contributed by atoms with Gasteiger partial charge in [0.1, 0.15) is 5.54 Å². The Morgan fingerprint density at radius 2 is 2.24 bits per heavy atom. The van der Waals surface area contributed by atoms with Crippen LogP contribution in [-0.4, -0.2) is 45.4 Å².